The Bertz CT molecular complexity index is 479. The van der Waals surface area contributed by atoms with Crippen LogP contribution in [0.4, 0.5) is 5.69 Å². The molecule has 0 aliphatic rings. The molecular formula is C12H15ClN2O4. The summed E-state index contributed by atoms with van der Waals surface area (Å²) >= 11 is 5.85. The van der Waals surface area contributed by atoms with Crippen molar-refractivity contribution in [3.05, 3.63) is 38.9 Å². The number of nitrogens with zero attached hydrogens (tertiary/aromatic N) is 1. The van der Waals surface area contributed by atoms with Gasteiger partial charge in [-0.25, -0.2) is 0 Å². The first kappa shape index (κ1) is 15.4. The number of hydrogen-bond acceptors (Lipinski definition) is 4. The number of amides is 1. The molecular weight excluding hydrogens is 272 g/mol. The highest BCUT2D eigenvalue weighted by molar-refractivity contribution is 6.34. The van der Waals surface area contributed by atoms with Crippen molar-refractivity contribution >= 4 is 23.2 Å². The van der Waals surface area contributed by atoms with Crippen LogP contribution in [0.15, 0.2) is 18.2 Å². The number of rotatable bonds is 6. The number of nitro benzene ring substituents is 1. The zero-order chi connectivity index (χ0) is 14.4. The predicted molar refractivity (Wildman–Crippen MR) is 71.4 cm³/mol. The van der Waals surface area contributed by atoms with Crippen molar-refractivity contribution < 1.29 is 14.8 Å². The molecule has 0 heterocycles. The summed E-state index contributed by atoms with van der Waals surface area (Å²) in [5.41, 5.74) is -0.454. The van der Waals surface area contributed by atoms with E-state index in [4.69, 9.17) is 16.7 Å². The van der Waals surface area contributed by atoms with Crippen molar-refractivity contribution in [2.24, 2.45) is 0 Å². The van der Waals surface area contributed by atoms with Crippen molar-refractivity contribution in [2.45, 2.75) is 25.8 Å². The molecule has 1 atom stereocenters. The van der Waals surface area contributed by atoms with Gasteiger partial charge in [0.1, 0.15) is 5.56 Å². The maximum absolute atomic E-state index is 12.0. The Hall–Kier alpha value is -1.66. The van der Waals surface area contributed by atoms with Gasteiger partial charge in [0.25, 0.3) is 11.6 Å². The van der Waals surface area contributed by atoms with E-state index in [2.05, 4.69) is 5.32 Å². The zero-order valence-corrected chi connectivity index (χ0v) is 11.2. The number of nitrogens with one attached hydrogen (secondary N) is 1. The summed E-state index contributed by atoms with van der Waals surface area (Å²) in [4.78, 5) is 22.2. The number of nitro groups is 1. The van der Waals surface area contributed by atoms with Crippen LogP contribution in [0.2, 0.25) is 5.02 Å². The molecule has 6 nitrogen and oxygen atoms in total. The maximum Gasteiger partial charge on any atom is 0.283 e. The van der Waals surface area contributed by atoms with Crippen molar-refractivity contribution in [1.29, 1.82) is 0 Å². The fraction of sp³-hybridized carbons (Fsp3) is 0.417. The Morgan fingerprint density at radius 3 is 2.84 bits per heavy atom. The van der Waals surface area contributed by atoms with Crippen molar-refractivity contribution in [3.63, 3.8) is 0 Å². The van der Waals surface area contributed by atoms with E-state index in [1.54, 1.807) is 6.92 Å². The zero-order valence-electron chi connectivity index (χ0n) is 10.4. The van der Waals surface area contributed by atoms with Crippen LogP contribution < -0.4 is 5.32 Å². The van der Waals surface area contributed by atoms with E-state index < -0.39 is 10.8 Å². The molecule has 1 aromatic carbocycles. The minimum atomic E-state index is -0.640. The van der Waals surface area contributed by atoms with E-state index in [1.807, 2.05) is 0 Å². The molecule has 0 saturated heterocycles. The molecule has 0 radical (unpaired) electrons. The van der Waals surface area contributed by atoms with E-state index in [9.17, 15) is 14.9 Å². The molecule has 0 bridgehead atoms. The second-order valence-corrected chi connectivity index (χ2v) is 4.54. The number of carbonyl (C=O) groups excluding carboxylic acids is 1. The molecule has 0 fully saturated rings. The number of halogens is 1. The van der Waals surface area contributed by atoms with Crippen molar-refractivity contribution in [3.8, 4) is 0 Å². The van der Waals surface area contributed by atoms with E-state index in [-0.39, 0.29) is 28.9 Å². The van der Waals surface area contributed by atoms with Crippen LogP contribution in [-0.4, -0.2) is 28.6 Å². The van der Waals surface area contributed by atoms with Gasteiger partial charge in [0.05, 0.1) is 9.95 Å². The van der Waals surface area contributed by atoms with Crippen LogP contribution in [0.1, 0.15) is 30.1 Å². The van der Waals surface area contributed by atoms with Crippen molar-refractivity contribution in [1.82, 2.24) is 5.32 Å². The molecule has 0 aliphatic carbocycles. The van der Waals surface area contributed by atoms with Gasteiger partial charge in [-0.05, 0) is 25.8 Å². The third-order valence-electron chi connectivity index (χ3n) is 2.59. The highest BCUT2D eigenvalue weighted by Crippen LogP contribution is 2.26. The first-order valence-corrected chi connectivity index (χ1v) is 6.19. The molecule has 0 spiro atoms. The van der Waals surface area contributed by atoms with Crippen LogP contribution >= 0.6 is 11.6 Å². The lowest BCUT2D eigenvalue weighted by molar-refractivity contribution is -0.385. The Labute approximate surface area is 115 Å². The van der Waals surface area contributed by atoms with Gasteiger partial charge in [-0.1, -0.05) is 17.7 Å². The fourth-order valence-corrected chi connectivity index (χ4v) is 1.91. The second kappa shape index (κ2) is 7.06. The quantitative estimate of drug-likeness (QED) is 0.619. The standard InChI is InChI=1S/C12H15ClN2O4/c1-8(4-3-7-16)14-12(17)11-9(13)5-2-6-10(11)15(18)19/h2,5-6,8,16H,3-4,7H2,1H3,(H,14,17). The van der Waals surface area contributed by atoms with Gasteiger partial charge >= 0.3 is 0 Å². The Kier molecular flexibility index (Phi) is 5.72. The Balaban J connectivity index is 2.90. The molecule has 1 unspecified atom stereocenters. The van der Waals surface area contributed by atoms with Crippen LogP contribution in [0, 0.1) is 10.1 Å². The highest BCUT2D eigenvalue weighted by Gasteiger charge is 2.23. The molecule has 0 saturated carbocycles. The van der Waals surface area contributed by atoms with Gasteiger partial charge < -0.3 is 10.4 Å². The topological polar surface area (TPSA) is 92.5 Å². The fourth-order valence-electron chi connectivity index (χ4n) is 1.66. The van der Waals surface area contributed by atoms with Crippen LogP contribution in [0.25, 0.3) is 0 Å². The number of hydrogen-bond donors (Lipinski definition) is 2. The van der Waals surface area contributed by atoms with Crippen LogP contribution in [0.5, 0.6) is 0 Å². The second-order valence-electron chi connectivity index (χ2n) is 4.13. The van der Waals surface area contributed by atoms with E-state index >= 15 is 0 Å². The lowest BCUT2D eigenvalue weighted by atomic mass is 10.1. The first-order chi connectivity index (χ1) is 8.97. The van der Waals surface area contributed by atoms with Crippen LogP contribution in [-0.2, 0) is 0 Å². The highest BCUT2D eigenvalue weighted by atomic mass is 35.5. The molecule has 7 heteroatoms. The summed E-state index contributed by atoms with van der Waals surface area (Å²) in [6, 6.07) is 3.89. The molecule has 19 heavy (non-hydrogen) atoms. The van der Waals surface area contributed by atoms with Gasteiger partial charge in [-0.15, -0.1) is 0 Å². The minimum absolute atomic E-state index is 0.0342. The van der Waals surface area contributed by atoms with Crippen molar-refractivity contribution in [2.75, 3.05) is 6.61 Å². The first-order valence-electron chi connectivity index (χ1n) is 5.82. The van der Waals surface area contributed by atoms with Gasteiger partial charge in [0.2, 0.25) is 0 Å². The normalized spacial score (nSPS) is 11.9. The van der Waals surface area contributed by atoms with E-state index in [0.29, 0.717) is 12.8 Å². The molecule has 1 amide bonds. The molecule has 0 aromatic heterocycles. The molecule has 1 rings (SSSR count). The summed E-state index contributed by atoms with van der Waals surface area (Å²) < 4.78 is 0. The lowest BCUT2D eigenvalue weighted by Crippen LogP contribution is -2.33. The Morgan fingerprint density at radius 1 is 1.58 bits per heavy atom. The molecule has 2 N–H and O–H groups in total. The molecule has 0 aliphatic heterocycles. The monoisotopic (exact) mass is 286 g/mol. The van der Waals surface area contributed by atoms with Gasteiger partial charge in [0, 0.05) is 18.7 Å². The summed E-state index contributed by atoms with van der Waals surface area (Å²) in [5.74, 6) is -0.581. The average Bonchev–Trinajstić information content (AvgIpc) is 2.35. The number of aliphatic hydroxyl groups excluding tert-OH is 1. The maximum atomic E-state index is 12.0. The van der Waals surface area contributed by atoms with Crippen LogP contribution in [0.3, 0.4) is 0 Å². The summed E-state index contributed by atoms with van der Waals surface area (Å²) in [5, 5.41) is 22.2. The summed E-state index contributed by atoms with van der Waals surface area (Å²) in [7, 11) is 0. The minimum Gasteiger partial charge on any atom is -0.396 e. The molecule has 104 valence electrons. The van der Waals surface area contributed by atoms with Gasteiger partial charge in [-0.2, -0.15) is 0 Å². The third-order valence-corrected chi connectivity index (χ3v) is 2.90. The summed E-state index contributed by atoms with van der Waals surface area (Å²) in [6.45, 7) is 1.79. The number of carbonyl (C=O) groups is 1. The number of aliphatic hydroxyl groups is 1. The Morgan fingerprint density at radius 2 is 2.26 bits per heavy atom. The predicted octanol–water partition coefficient (Wildman–Crippen LogP) is 2.14. The van der Waals surface area contributed by atoms with E-state index in [1.165, 1.54) is 18.2 Å². The van der Waals surface area contributed by atoms with Gasteiger partial charge in [0.15, 0.2) is 0 Å². The SMILES string of the molecule is CC(CCCO)NC(=O)c1c(Cl)cccc1[N+](=O)[O-]. The number of benzene rings is 1. The smallest absolute Gasteiger partial charge is 0.283 e. The summed E-state index contributed by atoms with van der Waals surface area (Å²) in [6.07, 6.45) is 1.13. The van der Waals surface area contributed by atoms with E-state index in [0.717, 1.165) is 0 Å². The largest absolute Gasteiger partial charge is 0.396 e. The molecule has 1 aromatic rings. The average molecular weight is 287 g/mol. The van der Waals surface area contributed by atoms with Gasteiger partial charge in [-0.3, -0.25) is 14.9 Å². The lowest BCUT2D eigenvalue weighted by Gasteiger charge is -2.13. The third kappa shape index (κ3) is 4.18.